The lowest BCUT2D eigenvalue weighted by molar-refractivity contribution is -0.144. The van der Waals surface area contributed by atoms with E-state index in [1.54, 1.807) is 9.80 Å². The van der Waals surface area contributed by atoms with E-state index in [0.717, 1.165) is 64.2 Å². The molecule has 6 amide bonds. The first kappa shape index (κ1) is 54.1. The molecule has 2 heterocycles. The highest BCUT2D eigenvalue weighted by Crippen LogP contribution is 2.31. The zero-order valence-corrected chi connectivity index (χ0v) is 42.1. The summed E-state index contributed by atoms with van der Waals surface area (Å²) in [6.07, 6.45) is 19.6. The fourth-order valence-corrected chi connectivity index (χ4v) is 9.78. The molecule has 2 aliphatic heterocycles. The molecule has 4 N–H and O–H groups in total. The predicted octanol–water partition coefficient (Wildman–Crippen LogP) is 6.21. The first-order chi connectivity index (χ1) is 31.3. The molecule has 4 rings (SSSR count). The van der Waals surface area contributed by atoms with Crippen molar-refractivity contribution >= 4 is 35.4 Å². The average molecular weight is 921 g/mol. The third-order valence-corrected chi connectivity index (χ3v) is 14.5. The Balaban J connectivity index is 1.37. The molecular formula is C52H84N6O8. The Bertz CT molecular complexity index is 1640. The maximum absolute atomic E-state index is 14.0. The van der Waals surface area contributed by atoms with Crippen LogP contribution in [0.3, 0.4) is 0 Å². The van der Waals surface area contributed by atoms with Crippen LogP contribution in [-0.4, -0.2) is 108 Å². The molecule has 370 valence electrons. The summed E-state index contributed by atoms with van der Waals surface area (Å²) >= 11 is 0. The summed E-state index contributed by atoms with van der Waals surface area (Å²) in [5.41, 5.74) is -1.09. The van der Waals surface area contributed by atoms with Gasteiger partial charge in [0, 0.05) is 36.8 Å². The number of nitrogens with one attached hydrogen (secondary N) is 4. The molecule has 4 aliphatic rings. The van der Waals surface area contributed by atoms with Crippen molar-refractivity contribution in [2.24, 2.45) is 34.5 Å². The molecule has 2 aliphatic carbocycles. The molecule has 0 bridgehead atoms. The molecular weight excluding hydrogens is 837 g/mol. The molecule has 0 unspecified atom stereocenters. The van der Waals surface area contributed by atoms with Crippen LogP contribution in [0.25, 0.3) is 0 Å². The highest BCUT2D eigenvalue weighted by atomic mass is 16.5. The van der Waals surface area contributed by atoms with Gasteiger partial charge in [-0.05, 0) is 86.9 Å². The number of nitrogens with zero attached hydrogens (tertiary/aromatic N) is 2. The fourth-order valence-electron chi connectivity index (χ4n) is 9.78. The second-order valence-electron chi connectivity index (χ2n) is 21.7. The number of rotatable bonds is 18. The maximum Gasteiger partial charge on any atom is 0.246 e. The Labute approximate surface area is 396 Å². The van der Waals surface area contributed by atoms with Gasteiger partial charge in [0.2, 0.25) is 35.4 Å². The normalized spacial score (nSPS) is 22.2. The molecule has 4 fully saturated rings. The van der Waals surface area contributed by atoms with Gasteiger partial charge < -0.3 is 40.5 Å². The minimum Gasteiger partial charge on any atom is -0.444 e. The summed E-state index contributed by atoms with van der Waals surface area (Å²) in [6, 6.07) is -3.40. The van der Waals surface area contributed by atoms with Gasteiger partial charge in [0.1, 0.15) is 49.6 Å². The van der Waals surface area contributed by atoms with Gasteiger partial charge in [0.15, 0.2) is 0 Å². The van der Waals surface area contributed by atoms with Crippen LogP contribution in [0.5, 0.6) is 0 Å². The third-order valence-electron chi connectivity index (χ3n) is 14.5. The molecule has 0 aromatic heterocycles. The van der Waals surface area contributed by atoms with Crippen molar-refractivity contribution in [1.29, 1.82) is 0 Å². The monoisotopic (exact) mass is 921 g/mol. The van der Waals surface area contributed by atoms with Crippen molar-refractivity contribution < 1.29 is 38.2 Å². The molecule has 14 heteroatoms. The quantitative estimate of drug-likeness (QED) is 0.118. The molecule has 8 atom stereocenters. The predicted molar refractivity (Wildman–Crippen MR) is 256 cm³/mol. The number of carbonyl (C=O) groups is 6. The topological polar surface area (TPSA) is 175 Å². The molecule has 0 aromatic rings. The van der Waals surface area contributed by atoms with E-state index >= 15 is 0 Å². The van der Waals surface area contributed by atoms with Crippen LogP contribution in [0.15, 0.2) is 0 Å². The zero-order chi connectivity index (χ0) is 48.6. The summed E-state index contributed by atoms with van der Waals surface area (Å²) in [7, 11) is 0. The fraction of sp³-hybridized carbons (Fsp3) is 0.808. The number of hydrogen-bond acceptors (Lipinski definition) is 8. The number of carbonyl (C=O) groups excluding carboxylic acids is 6. The Morgan fingerprint density at radius 1 is 0.530 bits per heavy atom. The van der Waals surface area contributed by atoms with E-state index in [-0.39, 0.29) is 84.4 Å². The van der Waals surface area contributed by atoms with Crippen molar-refractivity contribution in [2.45, 2.75) is 208 Å². The van der Waals surface area contributed by atoms with Crippen LogP contribution in [-0.2, 0) is 38.2 Å². The largest absolute Gasteiger partial charge is 0.444 e. The van der Waals surface area contributed by atoms with Crippen LogP contribution < -0.4 is 21.3 Å². The Morgan fingerprint density at radius 2 is 0.879 bits per heavy atom. The summed E-state index contributed by atoms with van der Waals surface area (Å²) in [4.78, 5) is 85.1. The molecule has 0 radical (unpaired) electrons. The summed E-state index contributed by atoms with van der Waals surface area (Å²) in [5, 5.41) is 12.5. The average Bonchev–Trinajstić information content (AvgIpc) is 4.00. The van der Waals surface area contributed by atoms with Crippen LogP contribution in [0.4, 0.5) is 0 Å². The zero-order valence-electron chi connectivity index (χ0n) is 42.1. The summed E-state index contributed by atoms with van der Waals surface area (Å²) < 4.78 is 11.6. The van der Waals surface area contributed by atoms with Crippen molar-refractivity contribution in [3.05, 3.63) is 0 Å². The van der Waals surface area contributed by atoms with Gasteiger partial charge in [-0.2, -0.15) is 0 Å². The molecule has 2 saturated heterocycles. The number of amides is 6. The standard InChI is InChI=1S/C52H84N6O8/c1-11-35(3)45(59)55-43(51(5,6)7)49(63)57-29-21-27-41(57)47(61)53-39(37-23-15-13-16-24-37)33-65-31-19-20-32-66-34-40(38-25-17-14-18-26-38)54-48(62)42-28-22-30-58(42)50(64)44(52(8,9)10)56-46(60)36(4)12-2/h35-44H,11-18,21-30,33-34H2,1-10H3,(H,53,61)(H,54,62)(H,55,59)(H,56,60)/t35-,36-,39-,40-,41+,42+,43-,44-/m1/s1. The first-order valence-corrected chi connectivity index (χ1v) is 25.3. The first-order valence-electron chi connectivity index (χ1n) is 25.3. The lowest BCUT2D eigenvalue weighted by Gasteiger charge is -2.37. The molecule has 2 saturated carbocycles. The van der Waals surface area contributed by atoms with Gasteiger partial charge in [0.25, 0.3) is 0 Å². The van der Waals surface area contributed by atoms with Crippen LogP contribution in [0, 0.1) is 58.6 Å². The molecule has 0 spiro atoms. The second kappa shape index (κ2) is 25.6. The molecule has 66 heavy (non-hydrogen) atoms. The van der Waals surface area contributed by atoms with E-state index in [1.165, 1.54) is 0 Å². The Morgan fingerprint density at radius 3 is 1.20 bits per heavy atom. The van der Waals surface area contributed by atoms with Crippen molar-refractivity contribution in [1.82, 2.24) is 31.1 Å². The van der Waals surface area contributed by atoms with Crippen LogP contribution in [0.1, 0.15) is 172 Å². The maximum atomic E-state index is 14.0. The Hall–Kier alpha value is -4.46. The summed E-state index contributed by atoms with van der Waals surface area (Å²) in [6.45, 7) is 20.4. The van der Waals surface area contributed by atoms with Gasteiger partial charge in [-0.3, -0.25) is 28.8 Å². The van der Waals surface area contributed by atoms with Crippen LogP contribution >= 0.6 is 0 Å². The van der Waals surface area contributed by atoms with Gasteiger partial charge >= 0.3 is 0 Å². The second-order valence-corrected chi connectivity index (χ2v) is 21.7. The van der Waals surface area contributed by atoms with Gasteiger partial charge in [-0.25, -0.2) is 0 Å². The van der Waals surface area contributed by atoms with E-state index in [2.05, 4.69) is 45.3 Å². The number of hydrogen-bond donors (Lipinski definition) is 4. The minimum atomic E-state index is -0.759. The van der Waals surface area contributed by atoms with E-state index in [4.69, 9.17) is 9.47 Å². The van der Waals surface area contributed by atoms with Gasteiger partial charge in [-0.15, -0.1) is 0 Å². The lowest BCUT2D eigenvalue weighted by Crippen LogP contribution is -2.59. The highest BCUT2D eigenvalue weighted by molar-refractivity contribution is 5.94. The minimum absolute atomic E-state index is 0.163. The number of ether oxygens (including phenoxy) is 2. The highest BCUT2D eigenvalue weighted by Gasteiger charge is 2.45. The van der Waals surface area contributed by atoms with E-state index < -0.39 is 35.0 Å². The third kappa shape index (κ3) is 15.6. The lowest BCUT2D eigenvalue weighted by atomic mass is 9.84. The van der Waals surface area contributed by atoms with Crippen molar-refractivity contribution in [2.75, 3.05) is 26.3 Å². The van der Waals surface area contributed by atoms with E-state index in [0.29, 0.717) is 51.6 Å². The van der Waals surface area contributed by atoms with Gasteiger partial charge in [-0.1, -0.05) is 108 Å². The number of likely N-dealkylation sites (tertiary alicyclic amines) is 2. The van der Waals surface area contributed by atoms with E-state index in [9.17, 15) is 28.8 Å². The molecule has 14 nitrogen and oxygen atoms in total. The summed E-state index contributed by atoms with van der Waals surface area (Å²) in [5.74, 6) is 4.16. The van der Waals surface area contributed by atoms with Crippen molar-refractivity contribution in [3.8, 4) is 24.1 Å². The Kier molecular flexibility index (Phi) is 21.0. The van der Waals surface area contributed by atoms with Crippen molar-refractivity contribution in [3.63, 3.8) is 0 Å². The van der Waals surface area contributed by atoms with Gasteiger partial charge in [0.05, 0.1) is 12.1 Å². The SMILES string of the molecule is CC[C@@H](C)C(=O)N[C@H](C(=O)N1CCC[C@H]1C(=O)N[C@H](COC#CC#COC[C@@H](NC(=O)[C@@H]1CCCN1C(=O)[C@@H](NC(=O)[C@H](C)CC)C(C)(C)C)C1CCCCC1)C1CCCCC1)C(C)(C)C. The smallest absolute Gasteiger partial charge is 0.246 e. The van der Waals surface area contributed by atoms with Crippen LogP contribution in [0.2, 0.25) is 0 Å². The molecule has 0 aromatic carbocycles. The van der Waals surface area contributed by atoms with E-state index in [1.807, 2.05) is 69.2 Å².